The Hall–Kier alpha value is -1.28. The van der Waals surface area contributed by atoms with E-state index in [2.05, 4.69) is 4.98 Å². The van der Waals surface area contributed by atoms with E-state index in [-0.39, 0.29) is 5.59 Å². The van der Waals surface area contributed by atoms with Crippen LogP contribution in [-0.2, 0) is 15.5 Å². The van der Waals surface area contributed by atoms with Gasteiger partial charge in [0.05, 0.1) is 28.6 Å². The number of alkyl halides is 3. The van der Waals surface area contributed by atoms with Gasteiger partial charge in [-0.2, -0.15) is 13.2 Å². The van der Waals surface area contributed by atoms with Crippen LogP contribution in [0.2, 0.25) is 0 Å². The molecule has 0 aromatic carbocycles. The van der Waals surface area contributed by atoms with E-state index in [1.165, 1.54) is 0 Å². The van der Waals surface area contributed by atoms with Crippen molar-refractivity contribution in [3.63, 3.8) is 0 Å². The third-order valence-corrected chi connectivity index (χ3v) is 3.69. The predicted octanol–water partition coefficient (Wildman–Crippen LogP) is 2.11. The lowest BCUT2D eigenvalue weighted by Gasteiger charge is -2.32. The number of aromatic nitrogens is 1. The van der Waals surface area contributed by atoms with E-state index in [1.807, 2.05) is 0 Å². The van der Waals surface area contributed by atoms with Crippen LogP contribution in [0.15, 0.2) is 12.3 Å². The van der Waals surface area contributed by atoms with Crippen LogP contribution >= 0.6 is 0 Å². The van der Waals surface area contributed by atoms with Gasteiger partial charge in [-0.25, -0.2) is 0 Å². The zero-order chi connectivity index (χ0) is 15.3. The zero-order valence-corrected chi connectivity index (χ0v) is 11.6. The minimum atomic E-state index is -4.65. The Labute approximate surface area is 115 Å². The first-order valence-corrected chi connectivity index (χ1v) is 6.06. The molecule has 0 saturated carbocycles. The number of pyridine rings is 1. The van der Waals surface area contributed by atoms with Crippen LogP contribution in [0, 0.1) is 0 Å². The largest absolute Gasteiger partial charge is 0.515 e. The number of nitrogens with zero attached hydrogens (tertiary/aromatic N) is 1. The van der Waals surface area contributed by atoms with E-state index in [0.29, 0.717) is 6.07 Å². The summed E-state index contributed by atoms with van der Waals surface area (Å²) in [6.07, 6.45) is -3.71. The van der Waals surface area contributed by atoms with E-state index < -0.39 is 35.8 Å². The summed E-state index contributed by atoms with van der Waals surface area (Å²) in [4.78, 5) is 3.64. The molecular weight excluding hydrogens is 274 g/mol. The van der Waals surface area contributed by atoms with Crippen molar-refractivity contribution >= 4 is 12.7 Å². The van der Waals surface area contributed by atoms with Crippen LogP contribution in [-0.4, -0.2) is 28.4 Å². The van der Waals surface area contributed by atoms with Gasteiger partial charge in [-0.15, -0.1) is 0 Å². The number of aromatic hydroxyl groups is 1. The summed E-state index contributed by atoms with van der Waals surface area (Å²) < 4.78 is 50.1. The van der Waals surface area contributed by atoms with Crippen LogP contribution in [0.4, 0.5) is 13.2 Å². The normalized spacial score (nSPS) is 21.2. The second-order valence-electron chi connectivity index (χ2n) is 5.71. The van der Waals surface area contributed by atoms with Gasteiger partial charge in [-0.3, -0.25) is 4.98 Å². The van der Waals surface area contributed by atoms with Gasteiger partial charge in [0.15, 0.2) is 0 Å². The molecule has 1 saturated heterocycles. The second-order valence-corrected chi connectivity index (χ2v) is 5.71. The second kappa shape index (κ2) is 4.36. The Kier molecular flexibility index (Phi) is 3.30. The van der Waals surface area contributed by atoms with Gasteiger partial charge in [0.1, 0.15) is 5.75 Å². The number of hydrogen-bond acceptors (Lipinski definition) is 4. The molecule has 1 aromatic heterocycles. The highest BCUT2D eigenvalue weighted by molar-refractivity contribution is 6.61. The molecule has 1 aliphatic rings. The van der Waals surface area contributed by atoms with Crippen molar-refractivity contribution in [2.45, 2.75) is 45.1 Å². The summed E-state index contributed by atoms with van der Waals surface area (Å²) in [7, 11) is -1.22. The minimum absolute atomic E-state index is 0.381. The lowest BCUT2D eigenvalue weighted by atomic mass is 9.80. The third-order valence-electron chi connectivity index (χ3n) is 3.69. The molecule has 4 nitrogen and oxygen atoms in total. The first-order chi connectivity index (χ1) is 8.94. The summed E-state index contributed by atoms with van der Waals surface area (Å²) in [6.45, 7) is 6.95. The van der Waals surface area contributed by atoms with Crippen molar-refractivity contribution in [1.29, 1.82) is 0 Å². The van der Waals surface area contributed by atoms with Crippen molar-refractivity contribution < 1.29 is 27.6 Å². The maximum Gasteiger partial charge on any atom is 0.515 e. The molecule has 0 spiro atoms. The zero-order valence-electron chi connectivity index (χ0n) is 11.6. The van der Waals surface area contributed by atoms with Crippen molar-refractivity contribution in [3.8, 4) is 5.75 Å². The summed E-state index contributed by atoms with van der Waals surface area (Å²) >= 11 is 0. The van der Waals surface area contributed by atoms with Crippen LogP contribution in [0.5, 0.6) is 5.75 Å². The average molecular weight is 289 g/mol. The number of rotatable bonds is 1. The Morgan fingerprint density at radius 1 is 1.15 bits per heavy atom. The maximum absolute atomic E-state index is 13.0. The molecule has 0 aliphatic carbocycles. The Morgan fingerprint density at radius 3 is 2.10 bits per heavy atom. The SMILES string of the molecule is CC1(C)OB(c2ncc(O)cc2C(F)(F)F)OC1(C)C. The topological polar surface area (TPSA) is 51.6 Å². The molecule has 8 heteroatoms. The van der Waals surface area contributed by atoms with Crippen LogP contribution in [0.3, 0.4) is 0 Å². The molecule has 110 valence electrons. The molecule has 20 heavy (non-hydrogen) atoms. The highest BCUT2D eigenvalue weighted by Crippen LogP contribution is 2.38. The lowest BCUT2D eigenvalue weighted by molar-refractivity contribution is -0.137. The molecule has 2 heterocycles. The highest BCUT2D eigenvalue weighted by Gasteiger charge is 2.54. The third kappa shape index (κ3) is 2.49. The monoisotopic (exact) mass is 289 g/mol. The molecule has 0 radical (unpaired) electrons. The summed E-state index contributed by atoms with van der Waals surface area (Å²) in [5.74, 6) is -0.558. The van der Waals surface area contributed by atoms with E-state index in [1.54, 1.807) is 27.7 Å². The summed E-state index contributed by atoms with van der Waals surface area (Å²) in [6, 6.07) is 0.618. The molecule has 1 aromatic rings. The Bertz CT molecular complexity index is 515. The Morgan fingerprint density at radius 2 is 1.65 bits per heavy atom. The minimum Gasteiger partial charge on any atom is -0.506 e. The summed E-state index contributed by atoms with van der Waals surface area (Å²) in [5.41, 5.74) is -2.97. The summed E-state index contributed by atoms with van der Waals surface area (Å²) in [5, 5.41) is 9.20. The van der Waals surface area contributed by atoms with E-state index in [0.717, 1.165) is 6.20 Å². The van der Waals surface area contributed by atoms with Gasteiger partial charge in [-0.1, -0.05) is 0 Å². The molecule has 0 amide bonds. The van der Waals surface area contributed by atoms with Gasteiger partial charge in [-0.05, 0) is 33.8 Å². The van der Waals surface area contributed by atoms with E-state index in [9.17, 15) is 18.3 Å². The van der Waals surface area contributed by atoms with Crippen molar-refractivity contribution in [2.75, 3.05) is 0 Å². The molecule has 1 N–H and O–H groups in total. The van der Waals surface area contributed by atoms with Gasteiger partial charge in [0, 0.05) is 0 Å². The number of halogens is 3. The van der Waals surface area contributed by atoms with Gasteiger partial charge in [0.2, 0.25) is 0 Å². The first kappa shape index (κ1) is 15.1. The first-order valence-electron chi connectivity index (χ1n) is 6.06. The van der Waals surface area contributed by atoms with E-state index >= 15 is 0 Å². The molecule has 1 fully saturated rings. The molecule has 1 aliphatic heterocycles. The highest BCUT2D eigenvalue weighted by atomic mass is 19.4. The molecule has 0 bridgehead atoms. The van der Waals surface area contributed by atoms with Crippen LogP contribution in [0.1, 0.15) is 33.3 Å². The van der Waals surface area contributed by atoms with Gasteiger partial charge < -0.3 is 14.4 Å². The van der Waals surface area contributed by atoms with Crippen molar-refractivity contribution in [2.24, 2.45) is 0 Å². The van der Waals surface area contributed by atoms with Crippen LogP contribution < -0.4 is 5.59 Å². The quantitative estimate of drug-likeness (QED) is 0.804. The van der Waals surface area contributed by atoms with Gasteiger partial charge in [0.25, 0.3) is 0 Å². The van der Waals surface area contributed by atoms with Gasteiger partial charge >= 0.3 is 13.3 Å². The molecule has 2 rings (SSSR count). The Balaban J connectivity index is 2.46. The molecular formula is C12H15BF3NO3. The fourth-order valence-corrected chi connectivity index (χ4v) is 1.83. The van der Waals surface area contributed by atoms with Crippen molar-refractivity contribution in [3.05, 3.63) is 17.8 Å². The van der Waals surface area contributed by atoms with Crippen molar-refractivity contribution in [1.82, 2.24) is 4.98 Å². The predicted molar refractivity (Wildman–Crippen MR) is 66.6 cm³/mol. The maximum atomic E-state index is 13.0. The lowest BCUT2D eigenvalue weighted by Crippen LogP contribution is -2.41. The molecule has 0 unspecified atom stereocenters. The molecule has 0 atom stereocenters. The average Bonchev–Trinajstić information content (AvgIpc) is 2.46. The smallest absolute Gasteiger partial charge is 0.506 e. The van der Waals surface area contributed by atoms with Crippen LogP contribution in [0.25, 0.3) is 0 Å². The fourth-order valence-electron chi connectivity index (χ4n) is 1.83. The fraction of sp³-hybridized carbons (Fsp3) is 0.583. The van der Waals surface area contributed by atoms with E-state index in [4.69, 9.17) is 9.31 Å². The standard InChI is InChI=1S/C12H15BF3NO3/c1-10(2)11(3,4)20-13(19-10)9-8(12(14,15)16)5-7(18)6-17-9/h5-6,18H,1-4H3. The number of hydrogen-bond donors (Lipinski definition) is 1.